The highest BCUT2D eigenvalue weighted by atomic mass is 35.5. The molecule has 4 N–H and O–H groups in total. The summed E-state index contributed by atoms with van der Waals surface area (Å²) in [6.07, 6.45) is 1.35. The summed E-state index contributed by atoms with van der Waals surface area (Å²) in [6, 6.07) is 12.6. The third-order valence-corrected chi connectivity index (χ3v) is 3.77. The first-order chi connectivity index (χ1) is 14.0. The number of nitrogens with one attached hydrogen (secondary N) is 2. The zero-order valence-corrected chi connectivity index (χ0v) is 16.5. The van der Waals surface area contributed by atoms with Crippen LogP contribution >= 0.6 is 11.6 Å². The molecular formula is C20H18ClFN6O. The van der Waals surface area contributed by atoms with Crippen LogP contribution in [0.25, 0.3) is 0 Å². The number of halogens is 2. The minimum Gasteiger partial charge on any atom is -0.365 e. The van der Waals surface area contributed by atoms with Gasteiger partial charge in [-0.3, -0.25) is 9.89 Å². The predicted molar refractivity (Wildman–Crippen MR) is 112 cm³/mol. The Morgan fingerprint density at radius 3 is 2.76 bits per heavy atom. The van der Waals surface area contributed by atoms with E-state index in [0.717, 1.165) is 6.07 Å². The van der Waals surface area contributed by atoms with Crippen LogP contribution in [0.4, 0.5) is 21.7 Å². The Labute approximate surface area is 172 Å². The lowest BCUT2D eigenvalue weighted by Crippen LogP contribution is -2.12. The molecule has 0 radical (unpaired) electrons. The van der Waals surface area contributed by atoms with Crippen molar-refractivity contribution in [2.75, 3.05) is 5.32 Å². The molecule has 0 saturated heterocycles. The highest BCUT2D eigenvalue weighted by Crippen LogP contribution is 2.27. The molecule has 0 atom stereocenters. The van der Waals surface area contributed by atoms with Gasteiger partial charge in [0.05, 0.1) is 5.56 Å². The van der Waals surface area contributed by atoms with Gasteiger partial charge in [0.1, 0.15) is 23.3 Å². The number of nitrogens with zero attached hydrogens (tertiary/aromatic N) is 3. The van der Waals surface area contributed by atoms with Crippen molar-refractivity contribution >= 4 is 41.0 Å². The number of carbonyl (C=O) groups excluding carboxylic acids is 1. The van der Waals surface area contributed by atoms with Crippen LogP contribution in [0.1, 0.15) is 35.3 Å². The Balaban J connectivity index is 0.00000145. The summed E-state index contributed by atoms with van der Waals surface area (Å²) < 4.78 is 13.4. The molecule has 0 bridgehead atoms. The number of nitriles is 1. The van der Waals surface area contributed by atoms with Gasteiger partial charge < -0.3 is 11.1 Å². The normalized spacial score (nSPS) is 10.2. The van der Waals surface area contributed by atoms with Crippen LogP contribution in [0.3, 0.4) is 0 Å². The molecule has 1 amide bonds. The second-order valence-corrected chi connectivity index (χ2v) is 5.84. The van der Waals surface area contributed by atoms with Crippen LogP contribution in [0.2, 0.25) is 5.02 Å². The van der Waals surface area contributed by atoms with Crippen molar-refractivity contribution in [2.24, 2.45) is 10.7 Å². The third kappa shape index (κ3) is 5.40. The van der Waals surface area contributed by atoms with E-state index < -0.39 is 11.7 Å². The minimum absolute atomic E-state index is 0.0499. The van der Waals surface area contributed by atoms with Gasteiger partial charge in [0.2, 0.25) is 0 Å². The number of hydrogen-bond acceptors (Lipinski definition) is 5. The molecule has 148 valence electrons. The van der Waals surface area contributed by atoms with Gasteiger partial charge >= 0.3 is 0 Å². The molecule has 3 aromatic rings. The lowest BCUT2D eigenvalue weighted by atomic mass is 10.1. The maximum atomic E-state index is 13.4. The summed E-state index contributed by atoms with van der Waals surface area (Å²) in [5.41, 5.74) is 6.48. The number of H-pyrrole nitrogens is 1. The summed E-state index contributed by atoms with van der Waals surface area (Å²) in [7, 11) is 0. The fourth-order valence-corrected chi connectivity index (χ4v) is 2.50. The lowest BCUT2D eigenvalue weighted by molar-refractivity contribution is 0.100. The van der Waals surface area contributed by atoms with Crippen LogP contribution < -0.4 is 11.1 Å². The molecule has 0 aliphatic rings. The first kappa shape index (κ1) is 21.6. The van der Waals surface area contributed by atoms with Gasteiger partial charge in [-0.1, -0.05) is 37.6 Å². The molecule has 2 aromatic carbocycles. The largest absolute Gasteiger partial charge is 0.365 e. The number of nitrogens with two attached hydrogens (primary N) is 1. The molecule has 0 aliphatic heterocycles. The highest BCUT2D eigenvalue weighted by Gasteiger charge is 2.18. The van der Waals surface area contributed by atoms with Crippen molar-refractivity contribution in [1.29, 1.82) is 5.26 Å². The molecule has 1 heterocycles. The Morgan fingerprint density at radius 1 is 1.34 bits per heavy atom. The van der Waals surface area contributed by atoms with Crippen molar-refractivity contribution in [2.45, 2.75) is 13.8 Å². The standard InChI is InChI=1S/C18H12ClFN6O.C2H6/c19-12-2-1-3-13(7-12)24-18-15(16(22)27)17(25-26-18)23-9-10-4-5-14(20)11(6-10)8-21;1-2/h1-7,9H,(H2,22,27)(H2,24,25,26);1-2H3. The Hall–Kier alpha value is -3.70. The van der Waals surface area contributed by atoms with E-state index in [1.54, 1.807) is 30.3 Å². The Bertz CT molecular complexity index is 1090. The van der Waals surface area contributed by atoms with Gasteiger partial charge in [-0.25, -0.2) is 9.38 Å². The van der Waals surface area contributed by atoms with Crippen molar-refractivity contribution < 1.29 is 9.18 Å². The molecule has 0 fully saturated rings. The number of aromatic nitrogens is 2. The van der Waals surface area contributed by atoms with Crippen molar-refractivity contribution in [3.05, 3.63) is 70.0 Å². The van der Waals surface area contributed by atoms with Crippen LogP contribution in [0.5, 0.6) is 0 Å². The predicted octanol–water partition coefficient (Wildman–Crippen LogP) is 4.69. The van der Waals surface area contributed by atoms with Crippen LogP contribution in [-0.2, 0) is 0 Å². The SMILES string of the molecule is CC.N#Cc1cc(C=Nc2n[nH]c(Nc3cccc(Cl)c3)c2C(N)=O)ccc1F. The lowest BCUT2D eigenvalue weighted by Gasteiger charge is -2.05. The zero-order chi connectivity index (χ0) is 21.4. The molecule has 29 heavy (non-hydrogen) atoms. The van der Waals surface area contributed by atoms with E-state index >= 15 is 0 Å². The van der Waals surface area contributed by atoms with Gasteiger partial charge in [-0.2, -0.15) is 10.4 Å². The number of primary amides is 1. The third-order valence-electron chi connectivity index (χ3n) is 3.53. The fraction of sp³-hybridized carbons (Fsp3) is 0.100. The average molecular weight is 413 g/mol. The number of benzene rings is 2. The number of aromatic amines is 1. The summed E-state index contributed by atoms with van der Waals surface area (Å²) in [5, 5.41) is 19.0. The molecule has 0 aliphatic carbocycles. The Morgan fingerprint density at radius 2 is 2.10 bits per heavy atom. The van der Waals surface area contributed by atoms with Crippen LogP contribution in [-0.4, -0.2) is 22.3 Å². The van der Waals surface area contributed by atoms with Crippen LogP contribution in [0, 0.1) is 17.1 Å². The average Bonchev–Trinajstić information content (AvgIpc) is 3.11. The van der Waals surface area contributed by atoms with Crippen LogP contribution in [0.15, 0.2) is 47.5 Å². The van der Waals surface area contributed by atoms with Crippen molar-refractivity contribution in [3.8, 4) is 6.07 Å². The van der Waals surface area contributed by atoms with E-state index in [2.05, 4.69) is 20.5 Å². The maximum Gasteiger partial charge on any atom is 0.256 e. The number of hydrogen-bond donors (Lipinski definition) is 3. The van der Waals surface area contributed by atoms with Gasteiger partial charge in [0.25, 0.3) is 5.91 Å². The van der Waals surface area contributed by atoms with Gasteiger partial charge in [-0.15, -0.1) is 0 Å². The summed E-state index contributed by atoms with van der Waals surface area (Å²) >= 11 is 5.94. The Kier molecular flexibility index (Phi) is 7.46. The summed E-state index contributed by atoms with van der Waals surface area (Å²) in [4.78, 5) is 16.0. The monoisotopic (exact) mass is 412 g/mol. The second-order valence-electron chi connectivity index (χ2n) is 5.41. The number of anilines is 2. The molecule has 3 rings (SSSR count). The summed E-state index contributed by atoms with van der Waals surface area (Å²) in [6.45, 7) is 4.00. The smallest absolute Gasteiger partial charge is 0.256 e. The van der Waals surface area contributed by atoms with Crippen molar-refractivity contribution in [1.82, 2.24) is 10.2 Å². The van der Waals surface area contributed by atoms with E-state index in [0.29, 0.717) is 16.3 Å². The zero-order valence-electron chi connectivity index (χ0n) is 15.7. The maximum absolute atomic E-state index is 13.4. The number of aliphatic imine (C=N–C) groups is 1. The molecule has 1 aromatic heterocycles. The van der Waals surface area contributed by atoms with E-state index in [4.69, 9.17) is 22.6 Å². The molecule has 0 unspecified atom stereocenters. The second kappa shape index (κ2) is 10.0. The van der Waals surface area contributed by atoms with E-state index in [1.165, 1.54) is 18.3 Å². The first-order valence-corrected chi connectivity index (χ1v) is 9.00. The number of carbonyl (C=O) groups is 1. The quantitative estimate of drug-likeness (QED) is 0.526. The number of rotatable bonds is 5. The van der Waals surface area contributed by atoms with E-state index in [1.807, 2.05) is 13.8 Å². The fourth-order valence-electron chi connectivity index (χ4n) is 2.30. The summed E-state index contributed by atoms with van der Waals surface area (Å²) in [5.74, 6) is -1.05. The molecule has 0 spiro atoms. The molecule has 7 nitrogen and oxygen atoms in total. The number of amides is 1. The minimum atomic E-state index is -0.739. The first-order valence-electron chi connectivity index (χ1n) is 8.62. The topological polar surface area (TPSA) is 120 Å². The molecular weight excluding hydrogens is 395 g/mol. The molecule has 0 saturated carbocycles. The highest BCUT2D eigenvalue weighted by molar-refractivity contribution is 6.30. The van der Waals surface area contributed by atoms with E-state index in [9.17, 15) is 9.18 Å². The van der Waals surface area contributed by atoms with E-state index in [-0.39, 0.29) is 22.8 Å². The van der Waals surface area contributed by atoms with Crippen molar-refractivity contribution in [3.63, 3.8) is 0 Å². The van der Waals surface area contributed by atoms with Gasteiger partial charge in [-0.05, 0) is 35.9 Å². The van der Waals surface area contributed by atoms with Gasteiger partial charge in [0, 0.05) is 16.9 Å². The molecule has 9 heteroatoms. The van der Waals surface area contributed by atoms with Gasteiger partial charge in [0.15, 0.2) is 5.82 Å².